The SMILES string of the molecule is Cc1ccc(C(=O)NCc2nccc(N3CCCC3)n2)cc1C. The van der Waals surface area contributed by atoms with Crippen molar-refractivity contribution >= 4 is 11.7 Å². The van der Waals surface area contributed by atoms with Crippen molar-refractivity contribution in [3.05, 3.63) is 53.0 Å². The first-order valence-corrected chi connectivity index (χ1v) is 8.06. The molecular weight excluding hydrogens is 288 g/mol. The van der Waals surface area contributed by atoms with Gasteiger partial charge in [0, 0.05) is 24.8 Å². The summed E-state index contributed by atoms with van der Waals surface area (Å²) in [6, 6.07) is 7.65. The van der Waals surface area contributed by atoms with Crippen LogP contribution in [0.2, 0.25) is 0 Å². The van der Waals surface area contributed by atoms with Crippen molar-refractivity contribution in [1.29, 1.82) is 0 Å². The summed E-state index contributed by atoms with van der Waals surface area (Å²) in [5, 5.41) is 2.90. The van der Waals surface area contributed by atoms with E-state index in [-0.39, 0.29) is 5.91 Å². The molecule has 0 spiro atoms. The van der Waals surface area contributed by atoms with Gasteiger partial charge >= 0.3 is 0 Å². The summed E-state index contributed by atoms with van der Waals surface area (Å²) in [6.07, 6.45) is 4.18. The number of nitrogens with zero attached hydrogens (tertiary/aromatic N) is 3. The van der Waals surface area contributed by atoms with Gasteiger partial charge in [-0.3, -0.25) is 4.79 Å². The van der Waals surface area contributed by atoms with Gasteiger partial charge in [0.05, 0.1) is 6.54 Å². The predicted octanol–water partition coefficient (Wildman–Crippen LogP) is 2.62. The molecule has 0 atom stereocenters. The molecule has 2 heterocycles. The van der Waals surface area contributed by atoms with Crippen molar-refractivity contribution in [2.75, 3.05) is 18.0 Å². The average Bonchev–Trinajstić information content (AvgIpc) is 3.10. The molecule has 1 aliphatic heterocycles. The summed E-state index contributed by atoms with van der Waals surface area (Å²) in [5.41, 5.74) is 2.97. The third-order valence-corrected chi connectivity index (χ3v) is 4.30. The summed E-state index contributed by atoms with van der Waals surface area (Å²) in [7, 11) is 0. The third kappa shape index (κ3) is 3.67. The largest absolute Gasteiger partial charge is 0.357 e. The molecule has 5 nitrogen and oxygen atoms in total. The summed E-state index contributed by atoms with van der Waals surface area (Å²) in [6.45, 7) is 6.48. The van der Waals surface area contributed by atoms with Crippen molar-refractivity contribution in [3.8, 4) is 0 Å². The topological polar surface area (TPSA) is 58.1 Å². The zero-order chi connectivity index (χ0) is 16.2. The Kier molecular flexibility index (Phi) is 4.55. The van der Waals surface area contributed by atoms with Crippen LogP contribution in [0.5, 0.6) is 0 Å². The molecule has 0 radical (unpaired) electrons. The van der Waals surface area contributed by atoms with E-state index in [4.69, 9.17) is 0 Å². The van der Waals surface area contributed by atoms with Crippen LogP contribution in [0.25, 0.3) is 0 Å². The minimum Gasteiger partial charge on any atom is -0.357 e. The minimum atomic E-state index is -0.0942. The molecule has 1 saturated heterocycles. The van der Waals surface area contributed by atoms with Crippen molar-refractivity contribution in [3.63, 3.8) is 0 Å². The highest BCUT2D eigenvalue weighted by Gasteiger charge is 2.14. The van der Waals surface area contributed by atoms with E-state index in [1.54, 1.807) is 6.20 Å². The van der Waals surface area contributed by atoms with Crippen molar-refractivity contribution in [2.24, 2.45) is 0 Å². The van der Waals surface area contributed by atoms with Gasteiger partial charge in [0.1, 0.15) is 11.6 Å². The Hall–Kier alpha value is -2.43. The smallest absolute Gasteiger partial charge is 0.251 e. The lowest BCUT2D eigenvalue weighted by Crippen LogP contribution is -2.25. The molecule has 1 N–H and O–H groups in total. The van der Waals surface area contributed by atoms with Crippen LogP contribution in [0.1, 0.15) is 40.2 Å². The summed E-state index contributed by atoms with van der Waals surface area (Å²) in [5.74, 6) is 1.50. The van der Waals surface area contributed by atoms with Gasteiger partial charge < -0.3 is 10.2 Å². The lowest BCUT2D eigenvalue weighted by molar-refractivity contribution is 0.0950. The van der Waals surface area contributed by atoms with Crippen LogP contribution in [0.15, 0.2) is 30.5 Å². The first-order chi connectivity index (χ1) is 11.1. The first-order valence-electron chi connectivity index (χ1n) is 8.06. The van der Waals surface area contributed by atoms with Crippen molar-refractivity contribution in [1.82, 2.24) is 15.3 Å². The van der Waals surface area contributed by atoms with Gasteiger partial charge in [-0.25, -0.2) is 9.97 Å². The van der Waals surface area contributed by atoms with E-state index < -0.39 is 0 Å². The second kappa shape index (κ2) is 6.77. The van der Waals surface area contributed by atoms with Crippen LogP contribution >= 0.6 is 0 Å². The van der Waals surface area contributed by atoms with E-state index in [1.807, 2.05) is 38.1 Å². The van der Waals surface area contributed by atoms with E-state index in [1.165, 1.54) is 18.4 Å². The van der Waals surface area contributed by atoms with Crippen LogP contribution in [-0.2, 0) is 6.54 Å². The fourth-order valence-corrected chi connectivity index (χ4v) is 2.74. The molecule has 1 fully saturated rings. The van der Waals surface area contributed by atoms with Crippen LogP contribution in [0, 0.1) is 13.8 Å². The number of aryl methyl sites for hydroxylation is 2. The van der Waals surface area contributed by atoms with E-state index in [0.717, 1.165) is 24.5 Å². The number of carbonyl (C=O) groups is 1. The fraction of sp³-hybridized carbons (Fsp3) is 0.389. The normalized spacial score (nSPS) is 14.1. The minimum absolute atomic E-state index is 0.0942. The van der Waals surface area contributed by atoms with Gasteiger partial charge in [0.2, 0.25) is 0 Å². The van der Waals surface area contributed by atoms with Gasteiger partial charge in [-0.05, 0) is 56.0 Å². The lowest BCUT2D eigenvalue weighted by atomic mass is 10.1. The Balaban J connectivity index is 1.64. The molecular formula is C18H22N4O. The molecule has 3 rings (SSSR count). The molecule has 0 saturated carbocycles. The number of amides is 1. The number of hydrogen-bond donors (Lipinski definition) is 1. The quantitative estimate of drug-likeness (QED) is 0.943. The van der Waals surface area contributed by atoms with Crippen LogP contribution in [0.3, 0.4) is 0 Å². The molecule has 0 bridgehead atoms. The molecule has 23 heavy (non-hydrogen) atoms. The maximum Gasteiger partial charge on any atom is 0.251 e. The second-order valence-electron chi connectivity index (χ2n) is 6.01. The number of nitrogens with one attached hydrogen (secondary N) is 1. The summed E-state index contributed by atoms with van der Waals surface area (Å²) < 4.78 is 0. The van der Waals surface area contributed by atoms with Gasteiger partial charge in [0.25, 0.3) is 5.91 Å². The fourth-order valence-electron chi connectivity index (χ4n) is 2.74. The number of aromatic nitrogens is 2. The molecule has 120 valence electrons. The zero-order valence-corrected chi connectivity index (χ0v) is 13.7. The van der Waals surface area contributed by atoms with Crippen LogP contribution < -0.4 is 10.2 Å². The summed E-state index contributed by atoms with van der Waals surface area (Å²) >= 11 is 0. The van der Waals surface area contributed by atoms with E-state index in [2.05, 4.69) is 20.2 Å². The monoisotopic (exact) mass is 310 g/mol. The van der Waals surface area contributed by atoms with E-state index in [0.29, 0.717) is 17.9 Å². The van der Waals surface area contributed by atoms with Gasteiger partial charge in [0.15, 0.2) is 0 Å². The molecule has 1 aromatic heterocycles. The number of anilines is 1. The first kappa shape index (κ1) is 15.5. The molecule has 2 aromatic rings. The number of carbonyl (C=O) groups excluding carboxylic acids is 1. The maximum absolute atomic E-state index is 12.2. The molecule has 1 amide bonds. The zero-order valence-electron chi connectivity index (χ0n) is 13.7. The molecule has 0 unspecified atom stereocenters. The van der Waals surface area contributed by atoms with Crippen LogP contribution in [0.4, 0.5) is 5.82 Å². The maximum atomic E-state index is 12.2. The van der Waals surface area contributed by atoms with Gasteiger partial charge in [-0.2, -0.15) is 0 Å². The lowest BCUT2D eigenvalue weighted by Gasteiger charge is -2.16. The van der Waals surface area contributed by atoms with E-state index >= 15 is 0 Å². The standard InChI is InChI=1S/C18H22N4O/c1-13-5-6-15(11-14(13)2)18(23)20-12-16-19-8-7-17(21-16)22-9-3-4-10-22/h5-8,11H,3-4,9-10,12H2,1-2H3,(H,20,23). The molecule has 1 aliphatic rings. The van der Waals surface area contributed by atoms with Gasteiger partial charge in [-0.1, -0.05) is 6.07 Å². The Morgan fingerprint density at radius 1 is 1.17 bits per heavy atom. The van der Waals surface area contributed by atoms with Crippen LogP contribution in [-0.4, -0.2) is 29.0 Å². The number of benzene rings is 1. The van der Waals surface area contributed by atoms with Crippen molar-refractivity contribution in [2.45, 2.75) is 33.2 Å². The van der Waals surface area contributed by atoms with E-state index in [9.17, 15) is 4.79 Å². The highest BCUT2D eigenvalue weighted by atomic mass is 16.1. The van der Waals surface area contributed by atoms with Crippen molar-refractivity contribution < 1.29 is 4.79 Å². The highest BCUT2D eigenvalue weighted by Crippen LogP contribution is 2.17. The Morgan fingerprint density at radius 3 is 2.70 bits per heavy atom. The molecule has 0 aliphatic carbocycles. The average molecular weight is 310 g/mol. The molecule has 1 aromatic carbocycles. The Morgan fingerprint density at radius 2 is 1.96 bits per heavy atom. The van der Waals surface area contributed by atoms with Gasteiger partial charge in [-0.15, -0.1) is 0 Å². The summed E-state index contributed by atoms with van der Waals surface area (Å²) in [4.78, 5) is 23.3. The predicted molar refractivity (Wildman–Crippen MR) is 90.6 cm³/mol. The number of hydrogen-bond acceptors (Lipinski definition) is 4. The Labute approximate surface area is 136 Å². The highest BCUT2D eigenvalue weighted by molar-refractivity contribution is 5.94. The second-order valence-corrected chi connectivity index (χ2v) is 6.01. The third-order valence-electron chi connectivity index (χ3n) is 4.30. The number of rotatable bonds is 4. The molecule has 5 heteroatoms. The Bertz CT molecular complexity index is 708.